The molecular formula is C23H23F3N2O3. The first kappa shape index (κ1) is 22.4. The number of carbonyl (C=O) groups is 2. The minimum absolute atomic E-state index is 0.0421. The number of rotatable bonds is 5. The van der Waals surface area contributed by atoms with Gasteiger partial charge >= 0.3 is 6.18 Å². The minimum Gasteiger partial charge on any atom is -0.497 e. The molecule has 3 rings (SSSR count). The third-order valence-electron chi connectivity index (χ3n) is 4.87. The number of ketones is 1. The Labute approximate surface area is 178 Å². The molecule has 1 aliphatic rings. The van der Waals surface area contributed by atoms with Gasteiger partial charge in [-0.3, -0.25) is 9.59 Å². The molecule has 0 spiro atoms. The van der Waals surface area contributed by atoms with E-state index in [-0.39, 0.29) is 16.9 Å². The van der Waals surface area contributed by atoms with Crippen molar-refractivity contribution in [2.75, 3.05) is 13.7 Å². The van der Waals surface area contributed by atoms with Crippen LogP contribution in [0.25, 0.3) is 5.70 Å². The molecule has 0 saturated carbocycles. The molecular weight excluding hydrogens is 409 g/mol. The van der Waals surface area contributed by atoms with Crippen LogP contribution in [0.4, 0.5) is 13.2 Å². The van der Waals surface area contributed by atoms with Crippen LogP contribution in [0.1, 0.15) is 45.7 Å². The van der Waals surface area contributed by atoms with E-state index in [1.807, 2.05) is 32.0 Å². The molecule has 0 unspecified atom stereocenters. The Morgan fingerprint density at radius 1 is 1.13 bits per heavy atom. The first-order valence-electron chi connectivity index (χ1n) is 9.64. The number of allylic oxidation sites excluding steroid dienone is 1. The SMILES string of the molecule is COc1ccc2c(c1)C(=CC(=O)c1ccc(C(=O)NCC(F)(F)F)cc1)NC(C)(C)C2. The van der Waals surface area contributed by atoms with E-state index in [2.05, 4.69) is 5.32 Å². The Morgan fingerprint density at radius 2 is 1.77 bits per heavy atom. The van der Waals surface area contributed by atoms with Gasteiger partial charge in [0.25, 0.3) is 5.91 Å². The lowest BCUT2D eigenvalue weighted by Gasteiger charge is -2.35. The van der Waals surface area contributed by atoms with E-state index in [9.17, 15) is 22.8 Å². The largest absolute Gasteiger partial charge is 0.497 e. The summed E-state index contributed by atoms with van der Waals surface area (Å²) in [6, 6.07) is 11.2. The van der Waals surface area contributed by atoms with Gasteiger partial charge in [0.2, 0.25) is 0 Å². The molecule has 5 nitrogen and oxygen atoms in total. The molecule has 1 aliphatic heterocycles. The summed E-state index contributed by atoms with van der Waals surface area (Å²) in [7, 11) is 1.57. The molecule has 0 aromatic heterocycles. The number of hydrogen-bond acceptors (Lipinski definition) is 4. The summed E-state index contributed by atoms with van der Waals surface area (Å²) in [5, 5.41) is 5.18. The first-order chi connectivity index (χ1) is 14.5. The van der Waals surface area contributed by atoms with Gasteiger partial charge in [-0.1, -0.05) is 18.2 Å². The standard InChI is InChI=1S/C23H23F3N2O3/c1-22(2)12-16-8-9-17(31-3)10-18(16)19(28-22)11-20(29)14-4-6-15(7-5-14)21(30)27-13-23(24,25)26/h4-11,28H,12-13H2,1-3H3,(H,27,30). The average Bonchev–Trinajstić information content (AvgIpc) is 2.70. The van der Waals surface area contributed by atoms with Gasteiger partial charge in [0.1, 0.15) is 12.3 Å². The maximum atomic E-state index is 12.8. The van der Waals surface area contributed by atoms with Crippen LogP contribution in [0.15, 0.2) is 48.5 Å². The van der Waals surface area contributed by atoms with Crippen molar-refractivity contribution in [2.45, 2.75) is 32.0 Å². The van der Waals surface area contributed by atoms with Crippen molar-refractivity contribution < 1.29 is 27.5 Å². The second kappa shape index (κ2) is 8.45. The van der Waals surface area contributed by atoms with Gasteiger partial charge in [-0.15, -0.1) is 0 Å². The second-order valence-electron chi connectivity index (χ2n) is 8.01. The van der Waals surface area contributed by atoms with Crippen LogP contribution in [0.2, 0.25) is 0 Å². The lowest BCUT2D eigenvalue weighted by atomic mass is 9.85. The van der Waals surface area contributed by atoms with Crippen LogP contribution in [0.5, 0.6) is 5.75 Å². The number of halogens is 3. The predicted octanol–water partition coefficient (Wildman–Crippen LogP) is 4.14. The van der Waals surface area contributed by atoms with Crippen molar-refractivity contribution in [3.63, 3.8) is 0 Å². The Kier molecular flexibility index (Phi) is 6.10. The Hall–Kier alpha value is -3.29. The molecule has 0 radical (unpaired) electrons. The van der Waals surface area contributed by atoms with Crippen molar-refractivity contribution in [3.05, 3.63) is 70.8 Å². The third kappa shape index (κ3) is 5.65. The van der Waals surface area contributed by atoms with Crippen LogP contribution in [-0.4, -0.2) is 37.1 Å². The van der Waals surface area contributed by atoms with E-state index in [4.69, 9.17) is 4.74 Å². The zero-order valence-electron chi connectivity index (χ0n) is 17.4. The maximum Gasteiger partial charge on any atom is 0.405 e. The van der Waals surface area contributed by atoms with E-state index in [1.165, 1.54) is 30.3 Å². The number of ether oxygens (including phenoxy) is 1. The number of amides is 1. The molecule has 0 atom stereocenters. The fourth-order valence-electron chi connectivity index (χ4n) is 3.44. The zero-order valence-corrected chi connectivity index (χ0v) is 17.4. The normalized spacial score (nSPS) is 16.3. The minimum atomic E-state index is -4.49. The molecule has 0 bridgehead atoms. The van der Waals surface area contributed by atoms with E-state index >= 15 is 0 Å². The zero-order chi connectivity index (χ0) is 22.8. The molecule has 2 N–H and O–H groups in total. The second-order valence-corrected chi connectivity index (χ2v) is 8.01. The summed E-state index contributed by atoms with van der Waals surface area (Å²) < 4.78 is 42.1. The quantitative estimate of drug-likeness (QED) is 0.551. The lowest BCUT2D eigenvalue weighted by molar-refractivity contribution is -0.123. The highest BCUT2D eigenvalue weighted by Crippen LogP contribution is 2.32. The smallest absolute Gasteiger partial charge is 0.405 e. The number of methoxy groups -OCH3 is 1. The summed E-state index contributed by atoms with van der Waals surface area (Å²) in [4.78, 5) is 24.7. The highest BCUT2D eigenvalue weighted by Gasteiger charge is 2.29. The van der Waals surface area contributed by atoms with Crippen molar-refractivity contribution in [3.8, 4) is 5.75 Å². The molecule has 0 fully saturated rings. The van der Waals surface area contributed by atoms with Gasteiger partial charge in [-0.05, 0) is 50.1 Å². The summed E-state index contributed by atoms with van der Waals surface area (Å²) in [5.41, 5.74) is 2.71. The van der Waals surface area contributed by atoms with Crippen LogP contribution in [0, 0.1) is 0 Å². The van der Waals surface area contributed by atoms with E-state index < -0.39 is 18.6 Å². The van der Waals surface area contributed by atoms with Crippen LogP contribution >= 0.6 is 0 Å². The lowest BCUT2D eigenvalue weighted by Crippen LogP contribution is -2.43. The number of hydrogen-bond donors (Lipinski definition) is 2. The third-order valence-corrected chi connectivity index (χ3v) is 4.87. The van der Waals surface area contributed by atoms with Crippen LogP contribution in [0.3, 0.4) is 0 Å². The summed E-state index contributed by atoms with van der Waals surface area (Å²) in [6.07, 6.45) is -2.23. The summed E-state index contributed by atoms with van der Waals surface area (Å²) >= 11 is 0. The van der Waals surface area contributed by atoms with Crippen LogP contribution < -0.4 is 15.4 Å². The van der Waals surface area contributed by atoms with Crippen molar-refractivity contribution in [1.29, 1.82) is 0 Å². The molecule has 2 aromatic rings. The fraction of sp³-hybridized carbons (Fsp3) is 0.304. The van der Waals surface area contributed by atoms with E-state index in [0.717, 1.165) is 17.5 Å². The first-order valence-corrected chi connectivity index (χ1v) is 9.64. The van der Waals surface area contributed by atoms with Gasteiger partial charge in [-0.25, -0.2) is 0 Å². The van der Waals surface area contributed by atoms with Crippen molar-refractivity contribution in [1.82, 2.24) is 10.6 Å². The van der Waals surface area contributed by atoms with Gasteiger partial charge in [0.15, 0.2) is 5.78 Å². The van der Waals surface area contributed by atoms with Gasteiger partial charge < -0.3 is 15.4 Å². The van der Waals surface area contributed by atoms with Crippen LogP contribution in [-0.2, 0) is 6.42 Å². The Morgan fingerprint density at radius 3 is 2.39 bits per heavy atom. The molecule has 1 heterocycles. The predicted molar refractivity (Wildman–Crippen MR) is 111 cm³/mol. The van der Waals surface area contributed by atoms with E-state index in [0.29, 0.717) is 17.0 Å². The molecule has 8 heteroatoms. The fourth-order valence-corrected chi connectivity index (χ4v) is 3.44. The highest BCUT2D eigenvalue weighted by molar-refractivity contribution is 6.09. The van der Waals surface area contributed by atoms with Gasteiger partial charge in [0.05, 0.1) is 7.11 Å². The number of benzene rings is 2. The molecule has 0 aliphatic carbocycles. The Balaban J connectivity index is 1.83. The molecule has 164 valence electrons. The maximum absolute atomic E-state index is 12.8. The molecule has 0 saturated heterocycles. The topological polar surface area (TPSA) is 67.4 Å². The van der Waals surface area contributed by atoms with Gasteiger partial charge in [-0.2, -0.15) is 13.2 Å². The molecule has 31 heavy (non-hydrogen) atoms. The van der Waals surface area contributed by atoms with Gasteiger partial charge in [0, 0.05) is 34.0 Å². The highest BCUT2D eigenvalue weighted by atomic mass is 19.4. The number of fused-ring (bicyclic) bond motifs is 1. The molecule has 2 aromatic carbocycles. The van der Waals surface area contributed by atoms with Crippen molar-refractivity contribution >= 4 is 17.4 Å². The summed E-state index contributed by atoms with van der Waals surface area (Å²) in [5.74, 6) is -0.476. The van der Waals surface area contributed by atoms with Crippen molar-refractivity contribution in [2.24, 2.45) is 0 Å². The number of nitrogens with one attached hydrogen (secondary N) is 2. The number of carbonyl (C=O) groups excluding carboxylic acids is 2. The molecule has 1 amide bonds. The average molecular weight is 432 g/mol. The monoisotopic (exact) mass is 432 g/mol. The van der Waals surface area contributed by atoms with E-state index in [1.54, 1.807) is 12.4 Å². The Bertz CT molecular complexity index is 1030. The number of alkyl halides is 3. The summed E-state index contributed by atoms with van der Waals surface area (Å²) in [6.45, 7) is 2.66.